The summed E-state index contributed by atoms with van der Waals surface area (Å²) in [5.74, 6) is 1.20. The molecule has 0 unspecified atom stereocenters. The van der Waals surface area contributed by atoms with Crippen molar-refractivity contribution in [1.29, 1.82) is 0 Å². The minimum atomic E-state index is 0.427. The van der Waals surface area contributed by atoms with Crippen molar-refractivity contribution < 1.29 is 4.74 Å². The van der Waals surface area contributed by atoms with Crippen molar-refractivity contribution >= 4 is 0 Å². The van der Waals surface area contributed by atoms with Gasteiger partial charge in [0.25, 0.3) is 0 Å². The molecule has 1 rings (SSSR count). The molecule has 0 aliphatic carbocycles. The Labute approximate surface area is 78.9 Å². The monoisotopic (exact) mass is 180 g/mol. The Bertz CT molecular complexity index is 284. The molecule has 1 heterocycles. The van der Waals surface area contributed by atoms with E-state index < -0.39 is 0 Å². The number of hydrogen-bond acceptors (Lipinski definition) is 3. The molecular weight excluding hydrogens is 164 g/mol. The second-order valence-corrected chi connectivity index (χ2v) is 3.28. The van der Waals surface area contributed by atoms with Crippen LogP contribution in [0.25, 0.3) is 0 Å². The van der Waals surface area contributed by atoms with E-state index in [9.17, 15) is 0 Å². The predicted molar refractivity (Wildman–Crippen MR) is 52.8 cm³/mol. The van der Waals surface area contributed by atoms with E-state index in [1.165, 1.54) is 0 Å². The molecular formula is C10H16N2O. The quantitative estimate of drug-likeness (QED) is 0.769. The number of aromatic nitrogens is 1. The van der Waals surface area contributed by atoms with Crippen LogP contribution >= 0.6 is 0 Å². The van der Waals surface area contributed by atoms with Gasteiger partial charge in [-0.3, -0.25) is 4.98 Å². The maximum atomic E-state index is 5.59. The first-order valence-corrected chi connectivity index (χ1v) is 4.42. The number of ether oxygens (including phenoxy) is 1. The first kappa shape index (κ1) is 9.99. The van der Waals surface area contributed by atoms with Crippen molar-refractivity contribution in [2.24, 2.45) is 5.73 Å². The summed E-state index contributed by atoms with van der Waals surface area (Å²) in [4.78, 5) is 4.28. The van der Waals surface area contributed by atoms with Gasteiger partial charge in [-0.15, -0.1) is 0 Å². The average Bonchev–Trinajstić information content (AvgIpc) is 2.16. The van der Waals surface area contributed by atoms with Gasteiger partial charge in [0.05, 0.1) is 13.3 Å². The highest BCUT2D eigenvalue weighted by Gasteiger charge is 2.06. The standard InChI is InChI=1S/C10H16N2O/c1-7(2)9-4-8(5-11)10(13-3)6-12-9/h4,6-7H,5,11H2,1-3H3. The van der Waals surface area contributed by atoms with Crippen molar-refractivity contribution in [3.05, 3.63) is 23.5 Å². The normalized spacial score (nSPS) is 10.5. The summed E-state index contributed by atoms with van der Waals surface area (Å²) in [5, 5.41) is 0. The van der Waals surface area contributed by atoms with Crippen LogP contribution in [0.15, 0.2) is 12.3 Å². The van der Waals surface area contributed by atoms with Gasteiger partial charge in [0.15, 0.2) is 0 Å². The summed E-state index contributed by atoms with van der Waals surface area (Å²) < 4.78 is 5.13. The number of rotatable bonds is 3. The van der Waals surface area contributed by atoms with Gasteiger partial charge in [0, 0.05) is 17.8 Å². The van der Waals surface area contributed by atoms with Crippen LogP contribution in [-0.2, 0) is 6.54 Å². The Morgan fingerprint density at radius 1 is 1.54 bits per heavy atom. The zero-order valence-electron chi connectivity index (χ0n) is 8.37. The van der Waals surface area contributed by atoms with Gasteiger partial charge in [0.2, 0.25) is 0 Å². The first-order chi connectivity index (χ1) is 6.19. The zero-order chi connectivity index (χ0) is 9.84. The fourth-order valence-electron chi connectivity index (χ4n) is 1.16. The molecule has 0 aromatic carbocycles. The SMILES string of the molecule is COc1cnc(C(C)C)cc1CN. The third-order valence-electron chi connectivity index (χ3n) is 2.00. The topological polar surface area (TPSA) is 48.1 Å². The summed E-state index contributed by atoms with van der Waals surface area (Å²) >= 11 is 0. The van der Waals surface area contributed by atoms with E-state index in [2.05, 4.69) is 18.8 Å². The minimum absolute atomic E-state index is 0.427. The van der Waals surface area contributed by atoms with Gasteiger partial charge in [-0.25, -0.2) is 0 Å². The Balaban J connectivity index is 3.05. The van der Waals surface area contributed by atoms with E-state index in [1.54, 1.807) is 13.3 Å². The summed E-state index contributed by atoms with van der Waals surface area (Å²) in [6.45, 7) is 4.70. The number of nitrogens with zero attached hydrogens (tertiary/aromatic N) is 1. The van der Waals surface area contributed by atoms with Gasteiger partial charge >= 0.3 is 0 Å². The third-order valence-corrected chi connectivity index (χ3v) is 2.00. The minimum Gasteiger partial charge on any atom is -0.495 e. The Morgan fingerprint density at radius 3 is 2.69 bits per heavy atom. The first-order valence-electron chi connectivity index (χ1n) is 4.42. The molecule has 0 spiro atoms. The van der Waals surface area contributed by atoms with E-state index in [1.807, 2.05) is 6.07 Å². The average molecular weight is 180 g/mol. The summed E-state index contributed by atoms with van der Waals surface area (Å²) in [7, 11) is 1.63. The van der Waals surface area contributed by atoms with Crippen LogP contribution in [-0.4, -0.2) is 12.1 Å². The van der Waals surface area contributed by atoms with Gasteiger partial charge < -0.3 is 10.5 Å². The van der Waals surface area contributed by atoms with Crippen LogP contribution in [0.5, 0.6) is 5.75 Å². The van der Waals surface area contributed by atoms with Gasteiger partial charge in [-0.05, 0) is 12.0 Å². The van der Waals surface area contributed by atoms with Crippen LogP contribution in [0.2, 0.25) is 0 Å². The second kappa shape index (κ2) is 4.23. The van der Waals surface area contributed by atoms with Crippen molar-refractivity contribution in [3.8, 4) is 5.75 Å². The molecule has 0 atom stereocenters. The largest absolute Gasteiger partial charge is 0.495 e. The summed E-state index contributed by atoms with van der Waals surface area (Å²) in [5.41, 5.74) is 7.66. The maximum absolute atomic E-state index is 5.59. The zero-order valence-corrected chi connectivity index (χ0v) is 8.37. The molecule has 13 heavy (non-hydrogen) atoms. The highest BCUT2D eigenvalue weighted by atomic mass is 16.5. The van der Waals surface area contributed by atoms with E-state index in [0.717, 1.165) is 17.0 Å². The molecule has 1 aromatic rings. The highest BCUT2D eigenvalue weighted by Crippen LogP contribution is 2.20. The molecule has 0 saturated heterocycles. The molecule has 0 amide bonds. The molecule has 2 N–H and O–H groups in total. The lowest BCUT2D eigenvalue weighted by Crippen LogP contribution is -2.03. The molecule has 3 heteroatoms. The van der Waals surface area contributed by atoms with E-state index in [4.69, 9.17) is 10.5 Å². The maximum Gasteiger partial charge on any atom is 0.141 e. The van der Waals surface area contributed by atoms with E-state index >= 15 is 0 Å². The molecule has 0 aliphatic heterocycles. The molecule has 1 aromatic heterocycles. The lowest BCUT2D eigenvalue weighted by Gasteiger charge is -2.09. The number of nitrogens with two attached hydrogens (primary N) is 1. The number of methoxy groups -OCH3 is 1. The predicted octanol–water partition coefficient (Wildman–Crippen LogP) is 1.67. The van der Waals surface area contributed by atoms with Gasteiger partial charge in [-0.1, -0.05) is 13.8 Å². The Kier molecular flexibility index (Phi) is 3.25. The van der Waals surface area contributed by atoms with Crippen LogP contribution in [0, 0.1) is 0 Å². The lowest BCUT2D eigenvalue weighted by molar-refractivity contribution is 0.407. The van der Waals surface area contributed by atoms with Crippen molar-refractivity contribution in [2.75, 3.05) is 7.11 Å². The van der Waals surface area contributed by atoms with Crippen LogP contribution in [0.4, 0.5) is 0 Å². The Morgan fingerprint density at radius 2 is 2.23 bits per heavy atom. The molecule has 0 aliphatic rings. The van der Waals surface area contributed by atoms with Crippen LogP contribution < -0.4 is 10.5 Å². The molecule has 0 bridgehead atoms. The smallest absolute Gasteiger partial charge is 0.141 e. The van der Waals surface area contributed by atoms with E-state index in [-0.39, 0.29) is 0 Å². The van der Waals surface area contributed by atoms with Crippen LogP contribution in [0.1, 0.15) is 31.0 Å². The summed E-state index contributed by atoms with van der Waals surface area (Å²) in [6, 6.07) is 2.00. The molecule has 0 fully saturated rings. The molecule has 0 saturated carbocycles. The van der Waals surface area contributed by atoms with Gasteiger partial charge in [-0.2, -0.15) is 0 Å². The third kappa shape index (κ3) is 2.18. The van der Waals surface area contributed by atoms with Crippen molar-refractivity contribution in [1.82, 2.24) is 4.98 Å². The highest BCUT2D eigenvalue weighted by molar-refractivity contribution is 5.33. The fourth-order valence-corrected chi connectivity index (χ4v) is 1.16. The van der Waals surface area contributed by atoms with Crippen molar-refractivity contribution in [2.45, 2.75) is 26.3 Å². The number of hydrogen-bond donors (Lipinski definition) is 1. The summed E-state index contributed by atoms with van der Waals surface area (Å²) in [6.07, 6.45) is 1.73. The fraction of sp³-hybridized carbons (Fsp3) is 0.500. The number of pyridine rings is 1. The second-order valence-electron chi connectivity index (χ2n) is 3.28. The molecule has 72 valence electrons. The lowest BCUT2D eigenvalue weighted by atomic mass is 10.1. The molecule has 0 radical (unpaired) electrons. The van der Waals surface area contributed by atoms with Gasteiger partial charge in [0.1, 0.15) is 5.75 Å². The van der Waals surface area contributed by atoms with E-state index in [0.29, 0.717) is 12.5 Å². The Hall–Kier alpha value is -1.09. The van der Waals surface area contributed by atoms with Crippen LogP contribution in [0.3, 0.4) is 0 Å². The van der Waals surface area contributed by atoms with Crippen molar-refractivity contribution in [3.63, 3.8) is 0 Å². The molecule has 3 nitrogen and oxygen atoms in total.